The van der Waals surface area contributed by atoms with Gasteiger partial charge in [0.25, 0.3) is 5.91 Å². The van der Waals surface area contributed by atoms with Crippen LogP contribution in [0.15, 0.2) is 24.3 Å². The number of nitrogens with zero attached hydrogens (tertiary/aromatic N) is 1. The molecule has 1 atom stereocenters. The van der Waals surface area contributed by atoms with Gasteiger partial charge < -0.3 is 10.6 Å². The molecule has 5 nitrogen and oxygen atoms in total. The van der Waals surface area contributed by atoms with E-state index in [4.69, 9.17) is 11.6 Å². The number of H-pyrrole nitrogens is 1. The molecule has 0 spiro atoms. The van der Waals surface area contributed by atoms with Crippen molar-refractivity contribution >= 4 is 29.9 Å². The molecule has 1 unspecified atom stereocenters. The fourth-order valence-electron chi connectivity index (χ4n) is 2.51. The molecule has 2 aromatic rings. The summed E-state index contributed by atoms with van der Waals surface area (Å²) in [4.78, 5) is 12.4. The molecule has 2 heterocycles. The Bertz CT molecular complexity index is 654. The average Bonchev–Trinajstić information content (AvgIpc) is 2.92. The van der Waals surface area contributed by atoms with Gasteiger partial charge in [0.05, 0.1) is 6.04 Å². The number of carbonyl (C=O) groups excluding carboxylic acids is 1. The third-order valence-electron chi connectivity index (χ3n) is 3.74. The minimum Gasteiger partial charge on any atom is -0.344 e. The molecule has 0 fully saturated rings. The van der Waals surface area contributed by atoms with Gasteiger partial charge in [-0.15, -0.1) is 12.4 Å². The molecule has 0 aliphatic carbocycles. The van der Waals surface area contributed by atoms with Crippen LogP contribution in [-0.4, -0.2) is 22.6 Å². The molecule has 0 bridgehead atoms. The van der Waals surface area contributed by atoms with E-state index < -0.39 is 0 Å². The number of rotatable bonds is 3. The Labute approximate surface area is 140 Å². The highest BCUT2D eigenvalue weighted by atomic mass is 35.5. The molecule has 1 aromatic heterocycles. The summed E-state index contributed by atoms with van der Waals surface area (Å²) < 4.78 is 0. The number of benzene rings is 1. The number of aromatic amines is 1. The van der Waals surface area contributed by atoms with E-state index in [1.165, 1.54) is 0 Å². The van der Waals surface area contributed by atoms with E-state index in [-0.39, 0.29) is 24.4 Å². The SMILES string of the molecule is CC(NC(=O)c1n[nH]c2c1CNCC2)c1ccc(Cl)cc1.Cl. The molecule has 1 amide bonds. The second-order valence-electron chi connectivity index (χ2n) is 5.20. The van der Waals surface area contributed by atoms with Crippen LogP contribution in [0.3, 0.4) is 0 Å². The van der Waals surface area contributed by atoms with Gasteiger partial charge in [0.1, 0.15) is 0 Å². The molecule has 0 saturated carbocycles. The van der Waals surface area contributed by atoms with E-state index in [9.17, 15) is 4.79 Å². The molecule has 1 aliphatic heterocycles. The first-order valence-corrected chi connectivity index (χ1v) is 7.36. The number of amides is 1. The smallest absolute Gasteiger partial charge is 0.272 e. The van der Waals surface area contributed by atoms with Crippen molar-refractivity contribution in [1.82, 2.24) is 20.8 Å². The Morgan fingerprint density at radius 2 is 2.09 bits per heavy atom. The fourth-order valence-corrected chi connectivity index (χ4v) is 2.64. The van der Waals surface area contributed by atoms with E-state index in [1.54, 1.807) is 0 Å². The van der Waals surface area contributed by atoms with Crippen LogP contribution < -0.4 is 10.6 Å². The van der Waals surface area contributed by atoms with Gasteiger partial charge in [0.2, 0.25) is 0 Å². The first-order chi connectivity index (χ1) is 10.1. The number of nitrogens with one attached hydrogen (secondary N) is 3. The van der Waals surface area contributed by atoms with Gasteiger partial charge in [-0.2, -0.15) is 5.10 Å². The Balaban J connectivity index is 0.00000176. The maximum Gasteiger partial charge on any atom is 0.272 e. The second kappa shape index (κ2) is 7.13. The molecule has 0 saturated heterocycles. The predicted octanol–water partition coefficient (Wildman–Crippen LogP) is 2.62. The van der Waals surface area contributed by atoms with E-state index >= 15 is 0 Å². The van der Waals surface area contributed by atoms with E-state index in [0.717, 1.165) is 29.8 Å². The normalized spacial score (nSPS) is 14.6. The first-order valence-electron chi connectivity index (χ1n) is 6.98. The number of hydrogen-bond donors (Lipinski definition) is 3. The third kappa shape index (κ3) is 3.43. The highest BCUT2D eigenvalue weighted by Gasteiger charge is 2.22. The molecule has 0 radical (unpaired) electrons. The zero-order valence-corrected chi connectivity index (χ0v) is 13.7. The molecular formula is C15H18Cl2N4O. The van der Waals surface area contributed by atoms with Crippen molar-refractivity contribution in [2.75, 3.05) is 6.54 Å². The minimum absolute atomic E-state index is 0. The van der Waals surface area contributed by atoms with Crippen LogP contribution in [0.5, 0.6) is 0 Å². The Morgan fingerprint density at radius 3 is 2.82 bits per heavy atom. The summed E-state index contributed by atoms with van der Waals surface area (Å²) in [5, 5.41) is 14.0. The summed E-state index contributed by atoms with van der Waals surface area (Å²) in [6.07, 6.45) is 0.877. The van der Waals surface area contributed by atoms with Crippen molar-refractivity contribution in [2.24, 2.45) is 0 Å². The van der Waals surface area contributed by atoms with Crippen LogP contribution in [0, 0.1) is 0 Å². The molecule has 1 aromatic carbocycles. The number of halogens is 2. The molecule has 118 valence electrons. The first kappa shape index (κ1) is 16.8. The van der Waals surface area contributed by atoms with Gasteiger partial charge in [-0.25, -0.2) is 0 Å². The van der Waals surface area contributed by atoms with Crippen LogP contribution in [-0.2, 0) is 13.0 Å². The van der Waals surface area contributed by atoms with Gasteiger partial charge in [-0.3, -0.25) is 9.89 Å². The van der Waals surface area contributed by atoms with Crippen LogP contribution >= 0.6 is 24.0 Å². The molecule has 22 heavy (non-hydrogen) atoms. The zero-order valence-electron chi connectivity index (χ0n) is 12.1. The monoisotopic (exact) mass is 340 g/mol. The van der Waals surface area contributed by atoms with E-state index in [1.807, 2.05) is 31.2 Å². The van der Waals surface area contributed by atoms with Crippen molar-refractivity contribution in [1.29, 1.82) is 0 Å². The Hall–Kier alpha value is -1.56. The Kier molecular flexibility index (Phi) is 5.45. The van der Waals surface area contributed by atoms with Crippen molar-refractivity contribution < 1.29 is 4.79 Å². The molecule has 7 heteroatoms. The fraction of sp³-hybridized carbons (Fsp3) is 0.333. The van der Waals surface area contributed by atoms with Crippen LogP contribution in [0.25, 0.3) is 0 Å². The highest BCUT2D eigenvalue weighted by Crippen LogP contribution is 2.19. The summed E-state index contributed by atoms with van der Waals surface area (Å²) in [5.74, 6) is -0.154. The lowest BCUT2D eigenvalue weighted by Crippen LogP contribution is -2.30. The Morgan fingerprint density at radius 1 is 1.36 bits per heavy atom. The third-order valence-corrected chi connectivity index (χ3v) is 3.99. The van der Waals surface area contributed by atoms with Gasteiger partial charge in [0.15, 0.2) is 5.69 Å². The van der Waals surface area contributed by atoms with E-state index in [2.05, 4.69) is 20.8 Å². The van der Waals surface area contributed by atoms with Crippen molar-refractivity contribution in [3.8, 4) is 0 Å². The summed E-state index contributed by atoms with van der Waals surface area (Å²) in [5.41, 5.74) is 3.52. The number of carbonyl (C=O) groups is 1. The van der Waals surface area contributed by atoms with Crippen LogP contribution in [0.2, 0.25) is 5.02 Å². The largest absolute Gasteiger partial charge is 0.344 e. The maximum atomic E-state index is 12.4. The summed E-state index contributed by atoms with van der Waals surface area (Å²) in [7, 11) is 0. The van der Waals surface area contributed by atoms with Crippen LogP contribution in [0.1, 0.15) is 40.3 Å². The van der Waals surface area contributed by atoms with Crippen molar-refractivity contribution in [3.63, 3.8) is 0 Å². The van der Waals surface area contributed by atoms with Gasteiger partial charge in [-0.05, 0) is 24.6 Å². The average molecular weight is 341 g/mol. The topological polar surface area (TPSA) is 69.8 Å². The number of hydrogen-bond acceptors (Lipinski definition) is 3. The van der Waals surface area contributed by atoms with Gasteiger partial charge in [-0.1, -0.05) is 23.7 Å². The number of aromatic nitrogens is 2. The summed E-state index contributed by atoms with van der Waals surface area (Å²) in [6, 6.07) is 7.36. The lowest BCUT2D eigenvalue weighted by Gasteiger charge is -2.16. The zero-order chi connectivity index (χ0) is 14.8. The maximum absolute atomic E-state index is 12.4. The van der Waals surface area contributed by atoms with E-state index in [0.29, 0.717) is 17.3 Å². The lowest BCUT2D eigenvalue weighted by atomic mass is 10.1. The predicted molar refractivity (Wildman–Crippen MR) is 88.6 cm³/mol. The summed E-state index contributed by atoms with van der Waals surface area (Å²) >= 11 is 5.87. The summed E-state index contributed by atoms with van der Waals surface area (Å²) in [6.45, 7) is 3.54. The molecule has 1 aliphatic rings. The van der Waals surface area contributed by atoms with Crippen LogP contribution in [0.4, 0.5) is 0 Å². The lowest BCUT2D eigenvalue weighted by molar-refractivity contribution is 0.0933. The molecular weight excluding hydrogens is 323 g/mol. The second-order valence-corrected chi connectivity index (χ2v) is 5.64. The quantitative estimate of drug-likeness (QED) is 0.804. The standard InChI is InChI=1S/C15H17ClN4O.ClH/c1-9(10-2-4-11(16)5-3-10)18-15(21)14-12-8-17-7-6-13(12)19-20-14;/h2-5,9,17H,6-8H2,1H3,(H,18,21)(H,19,20);1H. The van der Waals surface area contributed by atoms with Crippen molar-refractivity contribution in [3.05, 3.63) is 51.8 Å². The van der Waals surface area contributed by atoms with Gasteiger partial charge >= 0.3 is 0 Å². The highest BCUT2D eigenvalue weighted by molar-refractivity contribution is 6.30. The molecule has 3 rings (SSSR count). The number of fused-ring (bicyclic) bond motifs is 1. The molecule has 3 N–H and O–H groups in total. The minimum atomic E-state index is -0.154. The van der Waals surface area contributed by atoms with Crippen molar-refractivity contribution in [2.45, 2.75) is 25.9 Å². The van der Waals surface area contributed by atoms with Gasteiger partial charge in [0, 0.05) is 35.8 Å².